The molecule has 1 aromatic carbocycles. The maximum atomic E-state index is 12.9. The second-order valence-corrected chi connectivity index (χ2v) is 10.1. The Morgan fingerprint density at radius 3 is 2.37 bits per heavy atom. The number of carbonyl (C=O) groups excluding carboxylic acids is 1. The first-order valence-electron chi connectivity index (χ1n) is 9.03. The maximum Gasteiger partial charge on any atom is 0.257 e. The predicted molar refractivity (Wildman–Crippen MR) is 105 cm³/mol. The van der Waals surface area contributed by atoms with Crippen LogP contribution in [0.25, 0.3) is 0 Å². The van der Waals surface area contributed by atoms with Gasteiger partial charge in [-0.2, -0.15) is 4.31 Å². The minimum atomic E-state index is -3.55. The summed E-state index contributed by atoms with van der Waals surface area (Å²) in [4.78, 5) is 12.5. The number of aromatic nitrogens is 2. The fourth-order valence-corrected chi connectivity index (χ4v) is 5.70. The fourth-order valence-electron chi connectivity index (χ4n) is 3.35. The SMILES string of the molecule is CCc1nnc(NC(=O)c2ccc(S(=O)(=O)N3CC(C)CC(C)C3)cc2)s1. The number of benzene rings is 1. The van der Waals surface area contributed by atoms with Gasteiger partial charge in [-0.25, -0.2) is 8.42 Å². The molecule has 0 aliphatic carbocycles. The summed E-state index contributed by atoms with van der Waals surface area (Å²) in [5, 5.41) is 11.9. The Morgan fingerprint density at radius 1 is 1.19 bits per heavy atom. The van der Waals surface area contributed by atoms with Crippen LogP contribution in [0.2, 0.25) is 0 Å². The number of sulfonamides is 1. The van der Waals surface area contributed by atoms with Crippen molar-refractivity contribution in [3.05, 3.63) is 34.8 Å². The Labute approximate surface area is 163 Å². The first-order valence-corrected chi connectivity index (χ1v) is 11.3. The Hall–Kier alpha value is -1.84. The summed E-state index contributed by atoms with van der Waals surface area (Å²) in [5.41, 5.74) is 0.377. The Kier molecular flexibility index (Phi) is 5.92. The highest BCUT2D eigenvalue weighted by Gasteiger charge is 2.31. The maximum absolute atomic E-state index is 12.9. The van der Waals surface area contributed by atoms with Crippen molar-refractivity contribution in [1.29, 1.82) is 0 Å². The number of nitrogens with zero attached hydrogens (tertiary/aromatic N) is 3. The zero-order valence-electron chi connectivity index (χ0n) is 15.7. The summed E-state index contributed by atoms with van der Waals surface area (Å²) in [5.74, 6) is 0.347. The molecule has 0 radical (unpaired) electrons. The third-order valence-corrected chi connectivity index (χ3v) is 7.41. The van der Waals surface area contributed by atoms with Crippen LogP contribution in [-0.4, -0.2) is 41.9 Å². The third kappa shape index (κ3) is 4.53. The monoisotopic (exact) mass is 408 g/mol. The van der Waals surface area contributed by atoms with E-state index in [1.54, 1.807) is 4.31 Å². The number of carbonyl (C=O) groups is 1. The van der Waals surface area contributed by atoms with Gasteiger partial charge in [0.2, 0.25) is 15.2 Å². The molecule has 1 fully saturated rings. The van der Waals surface area contributed by atoms with E-state index in [9.17, 15) is 13.2 Å². The van der Waals surface area contributed by atoms with Gasteiger partial charge < -0.3 is 0 Å². The van der Waals surface area contributed by atoms with Crippen LogP contribution >= 0.6 is 11.3 Å². The van der Waals surface area contributed by atoms with Crippen molar-refractivity contribution in [1.82, 2.24) is 14.5 Å². The van der Waals surface area contributed by atoms with E-state index in [2.05, 4.69) is 29.4 Å². The molecule has 0 spiro atoms. The second-order valence-electron chi connectivity index (χ2n) is 7.10. The van der Waals surface area contributed by atoms with Gasteiger partial charge in [0.1, 0.15) is 5.01 Å². The van der Waals surface area contributed by atoms with Crippen LogP contribution in [-0.2, 0) is 16.4 Å². The quantitative estimate of drug-likeness (QED) is 0.821. The number of amides is 1. The van der Waals surface area contributed by atoms with Crippen LogP contribution in [0, 0.1) is 11.8 Å². The zero-order chi connectivity index (χ0) is 19.6. The molecule has 7 nitrogen and oxygen atoms in total. The molecule has 27 heavy (non-hydrogen) atoms. The topological polar surface area (TPSA) is 92.3 Å². The standard InChI is InChI=1S/C18H24N4O3S2/c1-4-16-20-21-18(26-16)19-17(23)14-5-7-15(8-6-14)27(24,25)22-10-12(2)9-13(3)11-22/h5-8,12-13H,4,9-11H2,1-3H3,(H,19,21,23). The third-order valence-electron chi connectivity index (χ3n) is 4.58. The van der Waals surface area contributed by atoms with E-state index < -0.39 is 10.0 Å². The van der Waals surface area contributed by atoms with Gasteiger partial charge in [-0.05, 0) is 48.9 Å². The zero-order valence-corrected chi connectivity index (χ0v) is 17.3. The molecule has 1 aromatic heterocycles. The van der Waals surface area contributed by atoms with E-state index in [4.69, 9.17) is 0 Å². The lowest BCUT2D eigenvalue weighted by atomic mass is 9.94. The number of piperidine rings is 1. The minimum absolute atomic E-state index is 0.213. The predicted octanol–water partition coefficient (Wildman–Crippen LogP) is 3.02. The highest BCUT2D eigenvalue weighted by atomic mass is 32.2. The Balaban J connectivity index is 1.73. The van der Waals surface area contributed by atoms with Gasteiger partial charge in [-0.1, -0.05) is 32.1 Å². The minimum Gasteiger partial charge on any atom is -0.296 e. The van der Waals surface area contributed by atoms with E-state index >= 15 is 0 Å². The molecule has 1 aliphatic rings. The number of rotatable bonds is 5. The highest BCUT2D eigenvalue weighted by Crippen LogP contribution is 2.27. The molecule has 1 aliphatic heterocycles. The van der Waals surface area contributed by atoms with Gasteiger partial charge in [-0.15, -0.1) is 10.2 Å². The number of anilines is 1. The lowest BCUT2D eigenvalue weighted by Crippen LogP contribution is -2.42. The molecule has 146 valence electrons. The highest BCUT2D eigenvalue weighted by molar-refractivity contribution is 7.89. The van der Waals surface area contributed by atoms with Gasteiger partial charge in [0.05, 0.1) is 4.90 Å². The number of aryl methyl sites for hydroxylation is 1. The van der Waals surface area contributed by atoms with Crippen LogP contribution in [0.4, 0.5) is 5.13 Å². The molecule has 2 unspecified atom stereocenters. The van der Waals surface area contributed by atoms with Gasteiger partial charge in [0.25, 0.3) is 5.91 Å². The molecule has 1 saturated heterocycles. The molecule has 2 heterocycles. The lowest BCUT2D eigenvalue weighted by Gasteiger charge is -2.34. The van der Waals surface area contributed by atoms with Crippen LogP contribution in [0.15, 0.2) is 29.2 Å². The molecule has 2 atom stereocenters. The fraction of sp³-hybridized carbons (Fsp3) is 0.500. The van der Waals surface area contributed by atoms with E-state index in [0.717, 1.165) is 17.8 Å². The molecule has 0 saturated carbocycles. The molecule has 2 aromatic rings. The number of hydrogen-bond donors (Lipinski definition) is 1. The van der Waals surface area contributed by atoms with Crippen LogP contribution in [0.1, 0.15) is 42.6 Å². The van der Waals surface area contributed by atoms with Crippen molar-refractivity contribution in [2.75, 3.05) is 18.4 Å². The molecule has 3 rings (SSSR count). The summed E-state index contributed by atoms with van der Waals surface area (Å²) in [6.07, 6.45) is 1.80. The molecule has 9 heteroatoms. The van der Waals surface area contributed by atoms with Gasteiger partial charge in [-0.3, -0.25) is 10.1 Å². The Morgan fingerprint density at radius 2 is 1.81 bits per heavy atom. The summed E-state index contributed by atoms with van der Waals surface area (Å²) in [7, 11) is -3.55. The smallest absolute Gasteiger partial charge is 0.257 e. The lowest BCUT2D eigenvalue weighted by molar-refractivity contribution is 0.102. The first-order chi connectivity index (χ1) is 12.8. The average Bonchev–Trinajstić information content (AvgIpc) is 3.08. The Bertz CT molecular complexity index is 899. The van der Waals surface area contributed by atoms with Crippen molar-refractivity contribution in [3.63, 3.8) is 0 Å². The van der Waals surface area contributed by atoms with Crippen LogP contribution < -0.4 is 5.32 Å². The first kappa shape index (κ1) is 19.9. The summed E-state index contributed by atoms with van der Waals surface area (Å²) in [6.45, 7) is 7.18. The van der Waals surface area contributed by atoms with E-state index in [1.807, 2.05) is 6.92 Å². The van der Waals surface area contributed by atoms with Crippen molar-refractivity contribution in [2.24, 2.45) is 11.8 Å². The number of nitrogens with one attached hydrogen (secondary N) is 1. The van der Waals surface area contributed by atoms with E-state index in [0.29, 0.717) is 35.6 Å². The van der Waals surface area contributed by atoms with Crippen LogP contribution in [0.5, 0.6) is 0 Å². The van der Waals surface area contributed by atoms with Gasteiger partial charge >= 0.3 is 0 Å². The van der Waals surface area contributed by atoms with Crippen molar-refractivity contribution in [2.45, 2.75) is 38.5 Å². The van der Waals surface area contributed by atoms with E-state index in [-0.39, 0.29) is 10.8 Å². The molecule has 1 N–H and O–H groups in total. The van der Waals surface area contributed by atoms with E-state index in [1.165, 1.54) is 35.6 Å². The molecule has 1 amide bonds. The molecule has 0 bridgehead atoms. The summed E-state index contributed by atoms with van der Waals surface area (Å²) < 4.78 is 27.3. The second kappa shape index (κ2) is 8.04. The normalized spacial score (nSPS) is 21.1. The summed E-state index contributed by atoms with van der Waals surface area (Å²) >= 11 is 1.33. The molecular formula is C18H24N4O3S2. The van der Waals surface area contributed by atoms with Crippen LogP contribution in [0.3, 0.4) is 0 Å². The average molecular weight is 409 g/mol. The largest absolute Gasteiger partial charge is 0.296 e. The van der Waals surface area contributed by atoms with Crippen molar-refractivity contribution < 1.29 is 13.2 Å². The van der Waals surface area contributed by atoms with Gasteiger partial charge in [0, 0.05) is 18.7 Å². The van der Waals surface area contributed by atoms with Crippen molar-refractivity contribution >= 4 is 32.4 Å². The number of hydrogen-bond acceptors (Lipinski definition) is 6. The van der Waals surface area contributed by atoms with Gasteiger partial charge in [0.15, 0.2) is 0 Å². The van der Waals surface area contributed by atoms with Crippen molar-refractivity contribution in [3.8, 4) is 0 Å². The summed E-state index contributed by atoms with van der Waals surface area (Å²) in [6, 6.07) is 6.04. The molecular weight excluding hydrogens is 384 g/mol.